The fourth-order valence-corrected chi connectivity index (χ4v) is 2.76. The average molecular weight is 313 g/mol. The molecule has 0 saturated heterocycles. The van der Waals surface area contributed by atoms with Crippen LogP contribution in [-0.4, -0.2) is 28.0 Å². The Morgan fingerprint density at radius 1 is 1.30 bits per heavy atom. The van der Waals surface area contributed by atoms with Crippen LogP contribution >= 0.6 is 23.2 Å². The van der Waals surface area contributed by atoms with Crippen molar-refractivity contribution in [3.8, 4) is 0 Å². The van der Waals surface area contributed by atoms with Crippen LogP contribution in [0.2, 0.25) is 10.0 Å². The van der Waals surface area contributed by atoms with E-state index in [1.54, 1.807) is 12.3 Å². The van der Waals surface area contributed by atoms with E-state index in [0.29, 0.717) is 23.1 Å². The van der Waals surface area contributed by atoms with Crippen molar-refractivity contribution < 1.29 is 0 Å². The average Bonchev–Trinajstić information content (AvgIpc) is 2.74. The van der Waals surface area contributed by atoms with Gasteiger partial charge in [-0.15, -0.1) is 0 Å². The van der Waals surface area contributed by atoms with Gasteiger partial charge in [0.15, 0.2) is 0 Å². The summed E-state index contributed by atoms with van der Waals surface area (Å²) in [6, 6.07) is 5.57. The molecule has 2 rings (SSSR count). The highest BCUT2D eigenvalue weighted by molar-refractivity contribution is 6.34. The van der Waals surface area contributed by atoms with Gasteiger partial charge in [-0.2, -0.15) is 0 Å². The third-order valence-electron chi connectivity index (χ3n) is 3.34. The lowest BCUT2D eigenvalue weighted by Gasteiger charge is -2.27. The zero-order valence-electron chi connectivity index (χ0n) is 11.6. The lowest BCUT2D eigenvalue weighted by Crippen LogP contribution is -2.31. The Labute approximate surface area is 129 Å². The van der Waals surface area contributed by atoms with Gasteiger partial charge in [-0.1, -0.05) is 23.2 Å². The first-order valence-corrected chi connectivity index (χ1v) is 7.09. The van der Waals surface area contributed by atoms with Gasteiger partial charge in [0.2, 0.25) is 0 Å². The number of aryl methyl sites for hydroxylation is 1. The van der Waals surface area contributed by atoms with Crippen molar-refractivity contribution >= 4 is 23.2 Å². The maximum absolute atomic E-state index is 6.06. The maximum atomic E-state index is 6.06. The van der Waals surface area contributed by atoms with Gasteiger partial charge in [-0.25, -0.2) is 4.98 Å². The minimum absolute atomic E-state index is 0.0444. The lowest BCUT2D eigenvalue weighted by atomic mass is 10.1. The molecule has 1 atom stereocenters. The molecule has 1 aromatic heterocycles. The van der Waals surface area contributed by atoms with Gasteiger partial charge in [0.05, 0.1) is 6.54 Å². The molecule has 2 aromatic rings. The van der Waals surface area contributed by atoms with Crippen LogP contribution in [0.4, 0.5) is 0 Å². The monoisotopic (exact) mass is 312 g/mol. The second-order valence-corrected chi connectivity index (χ2v) is 5.70. The fraction of sp³-hybridized carbons (Fsp3) is 0.357. The highest BCUT2D eigenvalue weighted by Gasteiger charge is 2.18. The SMILES string of the molecule is CN(Cc1nccn1C)C(CN)c1cc(Cl)cc(Cl)c1. The number of benzene rings is 1. The van der Waals surface area contributed by atoms with E-state index in [2.05, 4.69) is 9.88 Å². The zero-order valence-corrected chi connectivity index (χ0v) is 13.1. The summed E-state index contributed by atoms with van der Waals surface area (Å²) in [5, 5.41) is 1.24. The largest absolute Gasteiger partial charge is 0.337 e. The Kier molecular flexibility index (Phi) is 5.05. The van der Waals surface area contributed by atoms with E-state index in [0.717, 1.165) is 11.4 Å². The Hall–Kier alpha value is -1.07. The summed E-state index contributed by atoms with van der Waals surface area (Å²) in [5.74, 6) is 0.985. The van der Waals surface area contributed by atoms with Crippen molar-refractivity contribution in [1.29, 1.82) is 0 Å². The van der Waals surface area contributed by atoms with Crippen molar-refractivity contribution in [1.82, 2.24) is 14.5 Å². The Bertz CT molecular complexity index is 562. The number of rotatable bonds is 5. The van der Waals surface area contributed by atoms with Gasteiger partial charge >= 0.3 is 0 Å². The quantitative estimate of drug-likeness (QED) is 0.923. The lowest BCUT2D eigenvalue weighted by molar-refractivity contribution is 0.234. The summed E-state index contributed by atoms with van der Waals surface area (Å²) in [4.78, 5) is 6.47. The number of hydrogen-bond donors (Lipinski definition) is 1. The van der Waals surface area contributed by atoms with E-state index in [4.69, 9.17) is 28.9 Å². The number of halogens is 2. The molecule has 0 aliphatic rings. The van der Waals surface area contributed by atoms with Gasteiger partial charge in [0.25, 0.3) is 0 Å². The molecule has 1 unspecified atom stereocenters. The molecule has 2 N–H and O–H groups in total. The summed E-state index contributed by atoms with van der Waals surface area (Å²) in [7, 11) is 3.99. The summed E-state index contributed by atoms with van der Waals surface area (Å²) in [6.07, 6.45) is 3.72. The number of aromatic nitrogens is 2. The van der Waals surface area contributed by atoms with Crippen LogP contribution in [-0.2, 0) is 13.6 Å². The number of likely N-dealkylation sites (N-methyl/N-ethyl adjacent to an activating group) is 1. The first kappa shape index (κ1) is 15.3. The van der Waals surface area contributed by atoms with Gasteiger partial charge < -0.3 is 10.3 Å². The third-order valence-corrected chi connectivity index (χ3v) is 3.77. The smallest absolute Gasteiger partial charge is 0.122 e. The standard InChI is InChI=1S/C14H18Cl2N4/c1-19-4-3-18-14(19)9-20(2)13(8-17)10-5-11(15)7-12(16)6-10/h3-7,13H,8-9,17H2,1-2H3. The highest BCUT2D eigenvalue weighted by atomic mass is 35.5. The molecule has 0 saturated carbocycles. The van der Waals surface area contributed by atoms with E-state index in [1.807, 2.05) is 37.0 Å². The summed E-state index contributed by atoms with van der Waals surface area (Å²) in [5.41, 5.74) is 6.93. The van der Waals surface area contributed by atoms with Gasteiger partial charge in [-0.05, 0) is 30.8 Å². The minimum atomic E-state index is 0.0444. The van der Waals surface area contributed by atoms with Crippen LogP contribution in [0.3, 0.4) is 0 Å². The molecule has 0 aliphatic heterocycles. The molecule has 6 heteroatoms. The predicted molar refractivity (Wildman–Crippen MR) is 82.9 cm³/mol. The molecule has 0 fully saturated rings. The molecule has 0 spiro atoms. The third kappa shape index (κ3) is 3.52. The minimum Gasteiger partial charge on any atom is -0.337 e. The second kappa shape index (κ2) is 6.59. The molecule has 0 amide bonds. The Balaban J connectivity index is 2.20. The molecular formula is C14H18Cl2N4. The number of imidazole rings is 1. The fourth-order valence-electron chi connectivity index (χ4n) is 2.22. The van der Waals surface area contributed by atoms with Crippen molar-refractivity contribution in [2.45, 2.75) is 12.6 Å². The maximum Gasteiger partial charge on any atom is 0.122 e. The predicted octanol–water partition coefficient (Wildman–Crippen LogP) is 2.86. The number of nitrogens with zero attached hydrogens (tertiary/aromatic N) is 3. The van der Waals surface area contributed by atoms with Crippen LogP contribution in [0.15, 0.2) is 30.6 Å². The van der Waals surface area contributed by atoms with E-state index < -0.39 is 0 Å². The molecule has 4 nitrogen and oxygen atoms in total. The number of hydrogen-bond acceptors (Lipinski definition) is 3. The molecule has 0 bridgehead atoms. The van der Waals surface area contributed by atoms with Crippen molar-refractivity contribution in [2.24, 2.45) is 12.8 Å². The Morgan fingerprint density at radius 2 is 1.95 bits per heavy atom. The highest BCUT2D eigenvalue weighted by Crippen LogP contribution is 2.26. The van der Waals surface area contributed by atoms with Crippen molar-refractivity contribution in [3.63, 3.8) is 0 Å². The van der Waals surface area contributed by atoms with Crippen LogP contribution < -0.4 is 5.73 Å². The first-order chi connectivity index (χ1) is 9.51. The molecule has 0 aliphatic carbocycles. The van der Waals surface area contributed by atoms with E-state index >= 15 is 0 Å². The zero-order chi connectivity index (χ0) is 14.7. The summed E-state index contributed by atoms with van der Waals surface area (Å²) < 4.78 is 2.00. The van der Waals surface area contributed by atoms with Crippen LogP contribution in [0.1, 0.15) is 17.4 Å². The van der Waals surface area contributed by atoms with Crippen LogP contribution in [0, 0.1) is 0 Å². The summed E-state index contributed by atoms with van der Waals surface area (Å²) in [6.45, 7) is 1.19. The van der Waals surface area contributed by atoms with E-state index in [-0.39, 0.29) is 6.04 Å². The molecule has 0 radical (unpaired) electrons. The van der Waals surface area contributed by atoms with Crippen molar-refractivity contribution in [3.05, 3.63) is 52.0 Å². The van der Waals surface area contributed by atoms with Crippen LogP contribution in [0.5, 0.6) is 0 Å². The first-order valence-electron chi connectivity index (χ1n) is 6.33. The topological polar surface area (TPSA) is 47.1 Å². The molecule has 108 valence electrons. The van der Waals surface area contributed by atoms with E-state index in [9.17, 15) is 0 Å². The van der Waals surface area contributed by atoms with Gasteiger partial charge in [-0.3, -0.25) is 4.90 Å². The van der Waals surface area contributed by atoms with E-state index in [1.165, 1.54) is 0 Å². The molecule has 1 aromatic carbocycles. The van der Waals surface area contributed by atoms with Gasteiger partial charge in [0, 0.05) is 42.1 Å². The molecular weight excluding hydrogens is 295 g/mol. The number of nitrogens with two attached hydrogens (primary N) is 1. The molecule has 20 heavy (non-hydrogen) atoms. The summed E-state index contributed by atoms with van der Waals surface area (Å²) >= 11 is 12.1. The van der Waals surface area contributed by atoms with Crippen molar-refractivity contribution in [2.75, 3.05) is 13.6 Å². The van der Waals surface area contributed by atoms with Crippen LogP contribution in [0.25, 0.3) is 0 Å². The second-order valence-electron chi connectivity index (χ2n) is 4.82. The molecule has 1 heterocycles. The Morgan fingerprint density at radius 3 is 2.45 bits per heavy atom. The van der Waals surface area contributed by atoms with Gasteiger partial charge in [0.1, 0.15) is 5.82 Å². The normalized spacial score (nSPS) is 12.9.